The number of carboxylic acid groups (broad SMARTS) is 1. The lowest BCUT2D eigenvalue weighted by molar-refractivity contribution is -0.139. The van der Waals surface area contributed by atoms with Crippen LogP contribution in [0.15, 0.2) is 48.5 Å². The number of ether oxygens (including phenoxy) is 1. The van der Waals surface area contributed by atoms with E-state index in [2.05, 4.69) is 25.9 Å². The fourth-order valence-electron chi connectivity index (χ4n) is 3.43. The predicted molar refractivity (Wildman–Crippen MR) is 108 cm³/mol. The summed E-state index contributed by atoms with van der Waals surface area (Å²) in [5.74, 6) is -1.12. The molecule has 1 atom stereocenters. The predicted octanol–water partition coefficient (Wildman–Crippen LogP) is 1.85. The summed E-state index contributed by atoms with van der Waals surface area (Å²) in [4.78, 5) is 23.6. The molecule has 0 unspecified atom stereocenters. The summed E-state index contributed by atoms with van der Waals surface area (Å²) in [5.41, 5.74) is 4.40. The van der Waals surface area contributed by atoms with Gasteiger partial charge in [-0.2, -0.15) is 18.7 Å². The Bertz CT molecular complexity index is 966. The number of carbonyl (C=O) groups excluding carboxylic acids is 1. The minimum Gasteiger partial charge on any atom is -0.480 e. The zero-order chi connectivity index (χ0) is 19.5. The third-order valence-corrected chi connectivity index (χ3v) is 4.71. The number of amides is 1. The fourth-order valence-corrected chi connectivity index (χ4v) is 3.43. The van der Waals surface area contributed by atoms with Crippen molar-refractivity contribution in [2.24, 2.45) is 0 Å². The highest BCUT2D eigenvalue weighted by Gasteiger charge is 2.30. The summed E-state index contributed by atoms with van der Waals surface area (Å²) in [5, 5.41) is 24.7. The number of aliphatic carboxylic acids is 1. The van der Waals surface area contributed by atoms with E-state index in [0.29, 0.717) is 0 Å². The number of aromatic amines is 1. The number of hydrogen-bond donors (Lipinski definition) is 3. The molecule has 1 aromatic heterocycles. The first-order valence-corrected chi connectivity index (χ1v) is 8.70. The summed E-state index contributed by atoms with van der Waals surface area (Å²) in [7, 11) is 0. The van der Waals surface area contributed by atoms with E-state index in [1.165, 1.54) is 0 Å². The van der Waals surface area contributed by atoms with Crippen molar-refractivity contribution >= 4 is 25.6 Å². The Kier molecular flexibility index (Phi) is 6.13. The van der Waals surface area contributed by atoms with Gasteiger partial charge in [-0.25, -0.2) is 9.59 Å². The van der Waals surface area contributed by atoms with E-state index >= 15 is 0 Å². The molecule has 150 valence electrons. The maximum absolute atomic E-state index is 12.2. The molecule has 1 amide bonds. The first-order valence-electron chi connectivity index (χ1n) is 8.70. The molecule has 1 aliphatic carbocycles. The maximum Gasteiger partial charge on any atom is 0.407 e. The lowest BCUT2D eigenvalue weighted by Gasteiger charge is -2.16. The van der Waals surface area contributed by atoms with Crippen LogP contribution >= 0.6 is 13.5 Å². The minimum atomic E-state index is -1.21. The molecule has 0 saturated carbocycles. The van der Waals surface area contributed by atoms with Crippen molar-refractivity contribution in [3.05, 3.63) is 65.5 Å². The van der Waals surface area contributed by atoms with Gasteiger partial charge in [0.2, 0.25) is 0 Å². The summed E-state index contributed by atoms with van der Waals surface area (Å²) in [6, 6.07) is 14.7. The Morgan fingerprint density at radius 2 is 1.72 bits per heavy atom. The molecule has 0 bridgehead atoms. The number of rotatable bonds is 6. The fraction of sp³-hybridized carbons (Fsp3) is 0.211. The summed E-state index contributed by atoms with van der Waals surface area (Å²) < 4.78 is 5.36. The van der Waals surface area contributed by atoms with Crippen LogP contribution in [0.2, 0.25) is 0 Å². The van der Waals surface area contributed by atoms with Gasteiger partial charge in [-0.1, -0.05) is 53.7 Å². The molecule has 0 radical (unpaired) electrons. The van der Waals surface area contributed by atoms with Crippen molar-refractivity contribution in [1.82, 2.24) is 25.9 Å². The standard InChI is InChI=1S/C19H17N5O4.H2S/c25-18(26)16(9-17-21-23-24-22-17)20-19(27)28-10-15-13-7-3-1-5-11(13)12-6-2-4-8-14(12)15;/h1-8,15-16H,9-10H2,(H,20,27)(H,25,26)(H,21,22,23,24);1H2/t16-;/m0./s1. The third-order valence-electron chi connectivity index (χ3n) is 4.71. The van der Waals surface area contributed by atoms with Crippen molar-refractivity contribution in [3.63, 3.8) is 0 Å². The van der Waals surface area contributed by atoms with Crippen molar-refractivity contribution in [2.45, 2.75) is 18.4 Å². The highest BCUT2D eigenvalue weighted by Crippen LogP contribution is 2.44. The Hall–Kier alpha value is -3.40. The summed E-state index contributed by atoms with van der Waals surface area (Å²) in [6.07, 6.45) is -0.909. The maximum atomic E-state index is 12.2. The summed E-state index contributed by atoms with van der Waals surface area (Å²) >= 11 is 0. The lowest BCUT2D eigenvalue weighted by Crippen LogP contribution is -2.43. The van der Waals surface area contributed by atoms with Crippen LogP contribution in [0, 0.1) is 0 Å². The lowest BCUT2D eigenvalue weighted by atomic mass is 9.98. The molecule has 2 aromatic carbocycles. The third kappa shape index (κ3) is 4.21. The van der Waals surface area contributed by atoms with Gasteiger partial charge in [0.1, 0.15) is 12.6 Å². The van der Waals surface area contributed by atoms with E-state index in [9.17, 15) is 14.7 Å². The van der Waals surface area contributed by atoms with Crippen LogP contribution in [0.4, 0.5) is 4.79 Å². The highest BCUT2D eigenvalue weighted by molar-refractivity contribution is 7.59. The van der Waals surface area contributed by atoms with E-state index in [1.54, 1.807) is 0 Å². The first kappa shape index (κ1) is 20.3. The highest BCUT2D eigenvalue weighted by atomic mass is 32.1. The molecule has 4 rings (SSSR count). The molecular weight excluding hydrogens is 394 g/mol. The molecule has 0 fully saturated rings. The van der Waals surface area contributed by atoms with Crippen molar-refractivity contribution in [2.75, 3.05) is 6.61 Å². The quantitative estimate of drug-likeness (QED) is 0.562. The molecule has 3 N–H and O–H groups in total. The first-order chi connectivity index (χ1) is 13.6. The van der Waals surface area contributed by atoms with Crippen molar-refractivity contribution in [3.8, 4) is 11.1 Å². The van der Waals surface area contributed by atoms with Gasteiger partial charge in [-0.15, -0.1) is 10.2 Å². The molecule has 0 spiro atoms. The second-order valence-corrected chi connectivity index (χ2v) is 6.39. The largest absolute Gasteiger partial charge is 0.480 e. The van der Waals surface area contributed by atoms with Crippen molar-refractivity contribution < 1.29 is 19.4 Å². The van der Waals surface area contributed by atoms with Crippen molar-refractivity contribution in [1.29, 1.82) is 0 Å². The number of carbonyl (C=O) groups is 2. The van der Waals surface area contributed by atoms with Crippen LogP contribution in [-0.2, 0) is 16.0 Å². The molecular formula is C19H19N5O4S. The van der Waals surface area contributed by atoms with Crippen LogP contribution in [0.5, 0.6) is 0 Å². The zero-order valence-corrected chi connectivity index (χ0v) is 16.2. The van der Waals surface area contributed by atoms with E-state index in [-0.39, 0.29) is 38.3 Å². The summed E-state index contributed by atoms with van der Waals surface area (Å²) in [6.45, 7) is 0.106. The van der Waals surface area contributed by atoms with Crippen LogP contribution < -0.4 is 5.32 Å². The van der Waals surface area contributed by atoms with E-state index in [1.807, 2.05) is 48.5 Å². The van der Waals surface area contributed by atoms with E-state index in [4.69, 9.17) is 4.74 Å². The molecule has 3 aromatic rings. The van der Waals surface area contributed by atoms with Gasteiger partial charge in [0.15, 0.2) is 5.82 Å². The van der Waals surface area contributed by atoms with E-state index in [0.717, 1.165) is 22.3 Å². The van der Waals surface area contributed by atoms with Gasteiger partial charge in [-0.05, 0) is 22.3 Å². The monoisotopic (exact) mass is 413 g/mol. The van der Waals surface area contributed by atoms with Crippen LogP contribution in [-0.4, -0.2) is 50.4 Å². The average Bonchev–Trinajstić information content (AvgIpc) is 3.32. The van der Waals surface area contributed by atoms with Gasteiger partial charge < -0.3 is 15.2 Å². The Labute approximate surface area is 172 Å². The number of hydrogen-bond acceptors (Lipinski definition) is 6. The number of carboxylic acids is 1. The van der Waals surface area contributed by atoms with E-state index < -0.39 is 18.1 Å². The molecule has 1 aliphatic rings. The number of nitrogens with one attached hydrogen (secondary N) is 2. The van der Waals surface area contributed by atoms with Gasteiger partial charge in [-0.3, -0.25) is 0 Å². The SMILES string of the molecule is O=C(N[C@@H](Cc1nn[nH]n1)C(=O)O)OCC1c2ccccc2-c2ccccc21.S. The number of fused-ring (bicyclic) bond motifs is 3. The Morgan fingerprint density at radius 1 is 1.10 bits per heavy atom. The normalized spacial score (nSPS) is 13.0. The number of H-pyrrole nitrogens is 1. The second kappa shape index (κ2) is 8.74. The zero-order valence-electron chi connectivity index (χ0n) is 15.2. The molecule has 1 heterocycles. The minimum absolute atomic E-state index is 0. The molecule has 10 heteroatoms. The smallest absolute Gasteiger partial charge is 0.407 e. The van der Waals surface area contributed by atoms with Gasteiger partial charge >= 0.3 is 12.1 Å². The average molecular weight is 413 g/mol. The molecule has 29 heavy (non-hydrogen) atoms. The molecule has 0 aliphatic heterocycles. The van der Waals surface area contributed by atoms with Gasteiger partial charge in [0.25, 0.3) is 0 Å². The Morgan fingerprint density at radius 3 is 2.28 bits per heavy atom. The Balaban J connectivity index is 0.00000240. The number of tetrazole rings is 1. The van der Waals surface area contributed by atoms with Gasteiger partial charge in [0.05, 0.1) is 0 Å². The van der Waals surface area contributed by atoms with Crippen LogP contribution in [0.3, 0.4) is 0 Å². The van der Waals surface area contributed by atoms with Crippen LogP contribution in [0.25, 0.3) is 11.1 Å². The number of aromatic nitrogens is 4. The second-order valence-electron chi connectivity index (χ2n) is 6.39. The topological polar surface area (TPSA) is 130 Å². The number of benzene rings is 2. The van der Waals surface area contributed by atoms with Gasteiger partial charge in [0, 0.05) is 12.3 Å². The number of nitrogens with zero attached hydrogens (tertiary/aromatic N) is 3. The number of alkyl carbamates (subject to hydrolysis) is 1. The molecule has 9 nitrogen and oxygen atoms in total. The van der Waals surface area contributed by atoms with Crippen LogP contribution in [0.1, 0.15) is 22.9 Å². The molecule has 0 saturated heterocycles.